The average molecular weight is 164 g/mol. The third kappa shape index (κ3) is 2.00. The van der Waals surface area contributed by atoms with E-state index in [2.05, 4.69) is 4.65 Å². The molecule has 0 aromatic heterocycles. The fourth-order valence-corrected chi connectivity index (χ4v) is 0.782. The van der Waals surface area contributed by atoms with Gasteiger partial charge in [-0.2, -0.15) is 0 Å². The van der Waals surface area contributed by atoms with Crippen molar-refractivity contribution in [3.8, 4) is 0 Å². The normalized spacial score (nSPS) is 9.08. The zero-order valence-corrected chi connectivity index (χ0v) is 6.23. The van der Waals surface area contributed by atoms with Crippen molar-refractivity contribution in [3.63, 3.8) is 0 Å². The van der Waals surface area contributed by atoms with Gasteiger partial charge in [-0.05, 0) is 18.2 Å². The molecular weight excluding hydrogens is 157 g/mol. The van der Waals surface area contributed by atoms with Gasteiger partial charge in [0.15, 0.2) is 0 Å². The van der Waals surface area contributed by atoms with Gasteiger partial charge in [0.1, 0.15) is 0 Å². The van der Waals surface area contributed by atoms with E-state index in [1.165, 1.54) is 6.07 Å². The predicted molar refractivity (Wildman–Crippen MR) is 44.2 cm³/mol. The van der Waals surface area contributed by atoms with Crippen LogP contribution in [0.4, 0.5) is 5.69 Å². The number of carbonyl (C=O) groups is 1. The number of nitrogens with two attached hydrogens (primary N) is 1. The maximum Gasteiger partial charge on any atom is 0.571 e. The van der Waals surface area contributed by atoms with Gasteiger partial charge in [0.05, 0.1) is 5.56 Å². The standard InChI is InChI=1S/C7H7BNO3/c9-6-3-1-2-5(4-6)7(10)12-8-11/h1-4,11H,9H2. The van der Waals surface area contributed by atoms with E-state index in [9.17, 15) is 4.79 Å². The molecule has 1 aromatic rings. The summed E-state index contributed by atoms with van der Waals surface area (Å²) in [5, 5.41) is 8.17. The van der Waals surface area contributed by atoms with E-state index < -0.39 is 5.97 Å². The number of benzene rings is 1. The van der Waals surface area contributed by atoms with Crippen molar-refractivity contribution < 1.29 is 14.5 Å². The molecule has 1 rings (SSSR count). The van der Waals surface area contributed by atoms with Crippen molar-refractivity contribution >= 4 is 19.3 Å². The Hall–Kier alpha value is -1.49. The molecule has 1 aromatic carbocycles. The highest BCUT2D eigenvalue weighted by Gasteiger charge is 2.06. The van der Waals surface area contributed by atoms with E-state index in [1.54, 1.807) is 18.2 Å². The third-order valence-electron chi connectivity index (χ3n) is 1.28. The molecular formula is C7H7BNO3. The number of carbonyl (C=O) groups excluding carboxylic acids is 1. The monoisotopic (exact) mass is 164 g/mol. The Morgan fingerprint density at radius 1 is 1.58 bits per heavy atom. The Kier molecular flexibility index (Phi) is 2.71. The second-order valence-electron chi connectivity index (χ2n) is 2.14. The molecule has 0 aliphatic rings. The van der Waals surface area contributed by atoms with Crippen LogP contribution in [-0.4, -0.2) is 18.7 Å². The van der Waals surface area contributed by atoms with Crippen LogP contribution in [-0.2, 0) is 4.65 Å². The Morgan fingerprint density at radius 3 is 2.92 bits per heavy atom. The lowest BCUT2D eigenvalue weighted by Crippen LogP contribution is -2.08. The highest BCUT2D eigenvalue weighted by atomic mass is 16.6. The van der Waals surface area contributed by atoms with E-state index in [0.717, 1.165) is 0 Å². The van der Waals surface area contributed by atoms with Gasteiger partial charge in [0.2, 0.25) is 0 Å². The van der Waals surface area contributed by atoms with Crippen LogP contribution < -0.4 is 5.73 Å². The largest absolute Gasteiger partial charge is 0.571 e. The fourth-order valence-electron chi connectivity index (χ4n) is 0.782. The minimum Gasteiger partial charge on any atom is -0.507 e. The molecule has 0 fully saturated rings. The van der Waals surface area contributed by atoms with Gasteiger partial charge in [-0.25, -0.2) is 4.79 Å². The number of nitrogen functional groups attached to an aromatic ring is 1. The lowest BCUT2D eigenvalue weighted by Gasteiger charge is -2.00. The first-order chi connectivity index (χ1) is 5.74. The van der Waals surface area contributed by atoms with Crippen LogP contribution in [0.15, 0.2) is 24.3 Å². The molecule has 0 amide bonds. The summed E-state index contributed by atoms with van der Waals surface area (Å²) in [6.45, 7) is 0. The summed E-state index contributed by atoms with van der Waals surface area (Å²) >= 11 is 0. The molecule has 0 saturated heterocycles. The zero-order chi connectivity index (χ0) is 8.97. The van der Waals surface area contributed by atoms with Crippen LogP contribution in [0, 0.1) is 0 Å². The molecule has 1 radical (unpaired) electrons. The second kappa shape index (κ2) is 3.78. The first-order valence-corrected chi connectivity index (χ1v) is 3.26. The number of hydrogen-bond acceptors (Lipinski definition) is 4. The maximum atomic E-state index is 10.9. The van der Waals surface area contributed by atoms with Crippen molar-refractivity contribution in [1.29, 1.82) is 0 Å². The summed E-state index contributed by atoms with van der Waals surface area (Å²) in [7, 11) is 0.339. The van der Waals surface area contributed by atoms with Gasteiger partial charge >= 0.3 is 13.7 Å². The highest BCUT2D eigenvalue weighted by molar-refractivity contribution is 6.22. The van der Waals surface area contributed by atoms with Crippen LogP contribution in [0.1, 0.15) is 10.4 Å². The Balaban J connectivity index is 2.81. The third-order valence-corrected chi connectivity index (χ3v) is 1.28. The summed E-state index contributed by atoms with van der Waals surface area (Å²) in [6, 6.07) is 6.29. The molecule has 0 aliphatic carbocycles. The first kappa shape index (κ1) is 8.61. The molecule has 0 heterocycles. The Bertz CT molecular complexity index is 290. The molecule has 61 valence electrons. The SMILES string of the molecule is Nc1cccc(C(=O)O[B]O)c1. The summed E-state index contributed by atoms with van der Waals surface area (Å²) in [5.41, 5.74) is 6.19. The lowest BCUT2D eigenvalue weighted by molar-refractivity contribution is 0.0719. The van der Waals surface area contributed by atoms with Gasteiger partial charge in [-0.1, -0.05) is 6.07 Å². The number of hydrogen-bond donors (Lipinski definition) is 2. The quantitative estimate of drug-likeness (QED) is 0.474. The molecule has 0 unspecified atom stereocenters. The summed E-state index contributed by atoms with van der Waals surface area (Å²) in [6.07, 6.45) is 0. The van der Waals surface area contributed by atoms with Gasteiger partial charge in [-0.15, -0.1) is 0 Å². The van der Waals surface area contributed by atoms with Gasteiger partial charge in [0, 0.05) is 5.69 Å². The number of anilines is 1. The van der Waals surface area contributed by atoms with E-state index in [0.29, 0.717) is 18.9 Å². The molecule has 4 nitrogen and oxygen atoms in total. The highest BCUT2D eigenvalue weighted by Crippen LogP contribution is 2.07. The molecule has 0 spiro atoms. The van der Waals surface area contributed by atoms with Crippen molar-refractivity contribution in [2.45, 2.75) is 0 Å². The van der Waals surface area contributed by atoms with Crippen LogP contribution in [0.25, 0.3) is 0 Å². The minimum absolute atomic E-state index is 0.306. The molecule has 0 bridgehead atoms. The van der Waals surface area contributed by atoms with Crippen LogP contribution in [0.3, 0.4) is 0 Å². The van der Waals surface area contributed by atoms with Gasteiger partial charge < -0.3 is 15.4 Å². The maximum absolute atomic E-state index is 10.9. The van der Waals surface area contributed by atoms with E-state index in [-0.39, 0.29) is 0 Å². The average Bonchev–Trinajstić information content (AvgIpc) is 2.05. The summed E-state index contributed by atoms with van der Waals surface area (Å²) in [4.78, 5) is 10.9. The van der Waals surface area contributed by atoms with E-state index in [1.807, 2.05) is 0 Å². The Morgan fingerprint density at radius 2 is 2.33 bits per heavy atom. The van der Waals surface area contributed by atoms with E-state index >= 15 is 0 Å². The van der Waals surface area contributed by atoms with Crippen molar-refractivity contribution in [1.82, 2.24) is 0 Å². The van der Waals surface area contributed by atoms with Gasteiger partial charge in [-0.3, -0.25) is 0 Å². The molecule has 0 aliphatic heterocycles. The van der Waals surface area contributed by atoms with Crippen LogP contribution in [0.2, 0.25) is 0 Å². The van der Waals surface area contributed by atoms with Crippen molar-refractivity contribution in [2.75, 3.05) is 5.73 Å². The van der Waals surface area contributed by atoms with Crippen LogP contribution >= 0.6 is 0 Å². The Labute approximate surface area is 70.3 Å². The van der Waals surface area contributed by atoms with Crippen LogP contribution in [0.5, 0.6) is 0 Å². The van der Waals surface area contributed by atoms with Crippen molar-refractivity contribution in [2.24, 2.45) is 0 Å². The second-order valence-corrected chi connectivity index (χ2v) is 2.14. The fraction of sp³-hybridized carbons (Fsp3) is 0. The molecule has 5 heteroatoms. The summed E-state index contributed by atoms with van der Waals surface area (Å²) < 4.78 is 4.22. The zero-order valence-electron chi connectivity index (χ0n) is 6.23. The first-order valence-electron chi connectivity index (χ1n) is 3.26. The molecule has 0 atom stereocenters. The van der Waals surface area contributed by atoms with Gasteiger partial charge in [0.25, 0.3) is 0 Å². The minimum atomic E-state index is -0.634. The number of rotatable bonds is 2. The lowest BCUT2D eigenvalue weighted by atomic mass is 10.2. The predicted octanol–water partition coefficient (Wildman–Crippen LogP) is -0.0479. The summed E-state index contributed by atoms with van der Waals surface area (Å²) in [5.74, 6) is -0.634. The topological polar surface area (TPSA) is 72.6 Å². The van der Waals surface area contributed by atoms with Crippen molar-refractivity contribution in [3.05, 3.63) is 29.8 Å². The molecule has 12 heavy (non-hydrogen) atoms. The smallest absolute Gasteiger partial charge is 0.507 e. The molecule has 0 saturated carbocycles. The van der Waals surface area contributed by atoms with E-state index in [4.69, 9.17) is 10.8 Å². The molecule has 3 N–H and O–H groups in total.